The van der Waals surface area contributed by atoms with Crippen molar-refractivity contribution >= 4 is 40.0 Å². The zero-order chi connectivity index (χ0) is 28.2. The van der Waals surface area contributed by atoms with Crippen molar-refractivity contribution in [1.82, 2.24) is 19.7 Å². The van der Waals surface area contributed by atoms with Gasteiger partial charge in [-0.1, -0.05) is 23.7 Å². The number of nitrogens with zero attached hydrogens (tertiary/aromatic N) is 5. The van der Waals surface area contributed by atoms with Crippen LogP contribution in [0.4, 0.5) is 21.7 Å². The highest BCUT2D eigenvalue weighted by atomic mass is 35.5. The number of ether oxygens (including phenoxy) is 1. The minimum Gasteiger partial charge on any atom is -0.404 e. The number of nitrogens with one attached hydrogen (secondary N) is 1. The predicted octanol–water partition coefficient (Wildman–Crippen LogP) is 5.25. The summed E-state index contributed by atoms with van der Waals surface area (Å²) >= 11 is 6.31. The molecule has 208 valence electrons. The van der Waals surface area contributed by atoms with Crippen molar-refractivity contribution in [2.45, 2.75) is 13.0 Å². The first-order valence-electron chi connectivity index (χ1n) is 13.2. The number of benzene rings is 2. The first-order valence-corrected chi connectivity index (χ1v) is 13.5. The van der Waals surface area contributed by atoms with Gasteiger partial charge < -0.3 is 19.8 Å². The SMILES string of the molecule is O=c1c(-c2c(F)cccc2Cl)cc2cnc(Nc3ccc(N4CCCOCC4)cc3)nc2n1OCc1cccnc1. The maximum atomic E-state index is 14.8. The van der Waals surface area contributed by atoms with Gasteiger partial charge in [0, 0.05) is 66.2 Å². The molecule has 2 aromatic carbocycles. The summed E-state index contributed by atoms with van der Waals surface area (Å²) in [6.07, 6.45) is 5.82. The van der Waals surface area contributed by atoms with E-state index in [1.54, 1.807) is 24.7 Å². The monoisotopic (exact) mass is 572 g/mol. The van der Waals surface area contributed by atoms with E-state index < -0.39 is 11.4 Å². The second-order valence-corrected chi connectivity index (χ2v) is 9.89. The Hall–Kier alpha value is -4.54. The number of rotatable bonds is 7. The number of hydrogen-bond acceptors (Lipinski definition) is 8. The molecule has 0 bridgehead atoms. The Morgan fingerprint density at radius 2 is 1.93 bits per heavy atom. The lowest BCUT2D eigenvalue weighted by Gasteiger charge is -2.22. The van der Waals surface area contributed by atoms with E-state index in [1.165, 1.54) is 24.3 Å². The normalized spacial score (nSPS) is 13.7. The van der Waals surface area contributed by atoms with Crippen molar-refractivity contribution in [3.05, 3.63) is 106 Å². The molecule has 9 nitrogen and oxygen atoms in total. The standard InChI is InChI=1S/C30H26ClFN6O3/c31-25-5-1-6-26(32)27(25)24-16-21-18-34-30(35-22-7-9-23(10-8-22)37-12-3-14-40-15-13-37)36-28(21)38(29(24)39)41-19-20-4-2-11-33-17-20/h1-2,4-11,16-18H,3,12-15,19H2,(H,34,35,36). The average molecular weight is 573 g/mol. The van der Waals surface area contributed by atoms with Crippen LogP contribution >= 0.6 is 11.6 Å². The Morgan fingerprint density at radius 3 is 2.73 bits per heavy atom. The van der Waals surface area contributed by atoms with E-state index in [9.17, 15) is 9.18 Å². The van der Waals surface area contributed by atoms with Crippen molar-refractivity contribution in [3.8, 4) is 11.1 Å². The van der Waals surface area contributed by atoms with Gasteiger partial charge in [0.25, 0.3) is 5.56 Å². The van der Waals surface area contributed by atoms with E-state index in [1.807, 2.05) is 30.3 Å². The zero-order valence-corrected chi connectivity index (χ0v) is 22.7. The maximum Gasteiger partial charge on any atom is 0.293 e. The Balaban J connectivity index is 1.36. The second kappa shape index (κ2) is 11.9. The van der Waals surface area contributed by atoms with Crippen LogP contribution in [0.2, 0.25) is 5.02 Å². The van der Waals surface area contributed by atoms with E-state index in [-0.39, 0.29) is 34.4 Å². The van der Waals surface area contributed by atoms with E-state index in [2.05, 4.69) is 25.2 Å². The largest absolute Gasteiger partial charge is 0.404 e. The lowest BCUT2D eigenvalue weighted by Crippen LogP contribution is -2.29. The number of fused-ring (bicyclic) bond motifs is 1. The molecule has 1 aliphatic rings. The molecule has 1 aliphatic heterocycles. The van der Waals surface area contributed by atoms with Crippen LogP contribution in [0.5, 0.6) is 0 Å². The molecule has 6 rings (SSSR count). The van der Waals surface area contributed by atoms with Crippen LogP contribution in [-0.4, -0.2) is 46.0 Å². The van der Waals surface area contributed by atoms with Crippen molar-refractivity contribution < 1.29 is 14.0 Å². The lowest BCUT2D eigenvalue weighted by atomic mass is 10.1. The van der Waals surface area contributed by atoms with Crippen LogP contribution in [-0.2, 0) is 11.3 Å². The third-order valence-electron chi connectivity index (χ3n) is 6.73. The lowest BCUT2D eigenvalue weighted by molar-refractivity contribution is 0.0981. The number of anilines is 3. The number of hydrogen-bond donors (Lipinski definition) is 1. The van der Waals surface area contributed by atoms with Gasteiger partial charge in [-0.3, -0.25) is 9.78 Å². The Bertz CT molecular complexity index is 1710. The molecule has 3 aromatic heterocycles. The van der Waals surface area contributed by atoms with Gasteiger partial charge in [0.2, 0.25) is 5.95 Å². The van der Waals surface area contributed by atoms with Crippen LogP contribution in [0.1, 0.15) is 12.0 Å². The molecule has 4 heterocycles. The summed E-state index contributed by atoms with van der Waals surface area (Å²) in [4.78, 5) is 35.1. The van der Waals surface area contributed by atoms with Crippen molar-refractivity contribution in [1.29, 1.82) is 0 Å². The van der Waals surface area contributed by atoms with Crippen LogP contribution in [0.15, 0.2) is 84.0 Å². The average Bonchev–Trinajstić information content (AvgIpc) is 3.28. The van der Waals surface area contributed by atoms with Gasteiger partial charge in [0.1, 0.15) is 12.4 Å². The fourth-order valence-corrected chi connectivity index (χ4v) is 4.96. The molecule has 1 fully saturated rings. The summed E-state index contributed by atoms with van der Waals surface area (Å²) < 4.78 is 21.4. The fraction of sp³-hybridized carbons (Fsp3) is 0.200. The molecule has 0 spiro atoms. The Kier molecular flexibility index (Phi) is 7.75. The topological polar surface area (TPSA) is 94.4 Å². The maximum absolute atomic E-state index is 14.8. The van der Waals surface area contributed by atoms with E-state index in [0.717, 1.165) is 47.8 Å². The molecule has 1 N–H and O–H groups in total. The van der Waals surface area contributed by atoms with Crippen molar-refractivity contribution in [3.63, 3.8) is 0 Å². The summed E-state index contributed by atoms with van der Waals surface area (Å²) in [5, 5.41) is 3.77. The summed E-state index contributed by atoms with van der Waals surface area (Å²) in [7, 11) is 0. The van der Waals surface area contributed by atoms with Gasteiger partial charge in [-0.2, -0.15) is 4.98 Å². The van der Waals surface area contributed by atoms with Crippen LogP contribution in [0.3, 0.4) is 0 Å². The number of aromatic nitrogens is 4. The van der Waals surface area contributed by atoms with E-state index in [4.69, 9.17) is 21.2 Å². The summed E-state index contributed by atoms with van der Waals surface area (Å²) in [5.41, 5.74) is 2.25. The van der Waals surface area contributed by atoms with Crippen LogP contribution < -0.4 is 20.6 Å². The summed E-state index contributed by atoms with van der Waals surface area (Å²) in [5.74, 6) is -0.355. The molecular formula is C30H26ClFN6O3. The third-order valence-corrected chi connectivity index (χ3v) is 7.04. The fourth-order valence-electron chi connectivity index (χ4n) is 4.70. The number of pyridine rings is 2. The molecule has 0 aliphatic carbocycles. The highest BCUT2D eigenvalue weighted by Gasteiger charge is 2.19. The van der Waals surface area contributed by atoms with Gasteiger partial charge in [0.05, 0.1) is 17.2 Å². The van der Waals surface area contributed by atoms with E-state index in [0.29, 0.717) is 12.0 Å². The molecule has 5 aromatic rings. The molecule has 0 atom stereocenters. The zero-order valence-electron chi connectivity index (χ0n) is 22.0. The first kappa shape index (κ1) is 26.7. The van der Waals surface area contributed by atoms with Crippen LogP contribution in [0.25, 0.3) is 22.2 Å². The second-order valence-electron chi connectivity index (χ2n) is 9.49. The van der Waals surface area contributed by atoms with Crippen molar-refractivity contribution in [2.75, 3.05) is 36.5 Å². The van der Waals surface area contributed by atoms with Gasteiger partial charge in [-0.15, -0.1) is 4.73 Å². The summed E-state index contributed by atoms with van der Waals surface area (Å²) in [6.45, 7) is 3.31. The molecule has 1 saturated heterocycles. The van der Waals surface area contributed by atoms with Gasteiger partial charge in [-0.25, -0.2) is 9.37 Å². The predicted molar refractivity (Wildman–Crippen MR) is 156 cm³/mol. The summed E-state index contributed by atoms with van der Waals surface area (Å²) in [6, 6.07) is 17.3. The molecule has 41 heavy (non-hydrogen) atoms. The van der Waals surface area contributed by atoms with Gasteiger partial charge >= 0.3 is 0 Å². The Labute approximate surface area is 240 Å². The quantitative estimate of drug-likeness (QED) is 0.283. The molecule has 0 amide bonds. The molecule has 0 unspecified atom stereocenters. The van der Waals surface area contributed by atoms with Gasteiger partial charge in [0.15, 0.2) is 5.65 Å². The molecule has 0 radical (unpaired) electrons. The minimum absolute atomic E-state index is 0.0157. The molecule has 0 saturated carbocycles. The highest BCUT2D eigenvalue weighted by molar-refractivity contribution is 6.33. The third kappa shape index (κ3) is 5.84. The minimum atomic E-state index is -0.622. The molecule has 11 heteroatoms. The first-order chi connectivity index (χ1) is 20.1. The molecular weight excluding hydrogens is 547 g/mol. The van der Waals surface area contributed by atoms with Crippen LogP contribution in [0, 0.1) is 5.82 Å². The van der Waals surface area contributed by atoms with Crippen molar-refractivity contribution in [2.24, 2.45) is 0 Å². The Morgan fingerprint density at radius 1 is 1.05 bits per heavy atom. The smallest absolute Gasteiger partial charge is 0.293 e. The van der Waals surface area contributed by atoms with Gasteiger partial charge in [-0.05, 0) is 55.0 Å². The number of halogens is 2. The van der Waals surface area contributed by atoms with E-state index >= 15 is 0 Å². The highest BCUT2D eigenvalue weighted by Crippen LogP contribution is 2.30.